The predicted octanol–water partition coefficient (Wildman–Crippen LogP) is 6.76. The fraction of sp³-hybridized carbons (Fsp3) is 0.0400. The first-order valence-corrected chi connectivity index (χ1v) is 11.9. The van der Waals surface area contributed by atoms with Gasteiger partial charge in [-0.2, -0.15) is 0 Å². The Morgan fingerprint density at radius 1 is 0.794 bits per heavy atom. The number of nitrogens with one attached hydrogen (secondary N) is 1. The van der Waals surface area contributed by atoms with E-state index in [0.29, 0.717) is 17.2 Å². The van der Waals surface area contributed by atoms with Crippen molar-refractivity contribution in [3.63, 3.8) is 0 Å². The molecule has 1 atom stereocenters. The number of non-ortho nitro benzene ring substituents is 1. The predicted molar refractivity (Wildman–Crippen MR) is 129 cm³/mol. The Labute approximate surface area is 196 Å². The van der Waals surface area contributed by atoms with Crippen LogP contribution in [0.5, 0.6) is 17.2 Å². The number of rotatable bonds is 9. The van der Waals surface area contributed by atoms with Crippen molar-refractivity contribution in [1.82, 2.24) is 0 Å². The number of nitro benzene ring substituents is 1. The van der Waals surface area contributed by atoms with Gasteiger partial charge in [0.15, 0.2) is 5.78 Å². The molecule has 9 heteroatoms. The zero-order valence-corrected chi connectivity index (χ0v) is 18.7. The summed E-state index contributed by atoms with van der Waals surface area (Å²) in [5.74, 6) is -0.763. The lowest BCUT2D eigenvalue weighted by molar-refractivity contribution is -0.384. The van der Waals surface area contributed by atoms with Gasteiger partial charge in [-0.1, -0.05) is 60.7 Å². The van der Waals surface area contributed by atoms with Crippen molar-refractivity contribution in [1.29, 1.82) is 0 Å². The van der Waals surface area contributed by atoms with Crippen molar-refractivity contribution in [2.75, 3.05) is 5.32 Å². The molecule has 0 aliphatic carbocycles. The molecule has 172 valence electrons. The number of hydrogen-bond donors (Lipinski definition) is 2. The highest BCUT2D eigenvalue weighted by Crippen LogP contribution is 2.61. The number of hydrogen-bond acceptors (Lipinski definition) is 7. The normalized spacial score (nSPS) is 11.9. The second kappa shape index (κ2) is 10.1. The summed E-state index contributed by atoms with van der Waals surface area (Å²) in [6.07, 6.45) is 0. The Kier molecular flexibility index (Phi) is 6.80. The summed E-state index contributed by atoms with van der Waals surface area (Å²) in [5, 5.41) is 24.9. The molecule has 1 unspecified atom stereocenters. The molecule has 0 bridgehead atoms. The van der Waals surface area contributed by atoms with Crippen LogP contribution in [0.4, 0.5) is 11.4 Å². The van der Waals surface area contributed by atoms with Crippen molar-refractivity contribution in [3.8, 4) is 17.2 Å². The van der Waals surface area contributed by atoms with Gasteiger partial charge in [-0.05, 0) is 36.4 Å². The Bertz CT molecular complexity index is 1270. The van der Waals surface area contributed by atoms with Crippen LogP contribution in [0.3, 0.4) is 0 Å². The van der Waals surface area contributed by atoms with Gasteiger partial charge in [-0.25, -0.2) is 4.57 Å². The molecule has 4 rings (SSSR count). The summed E-state index contributed by atoms with van der Waals surface area (Å²) in [7, 11) is -4.17. The third kappa shape index (κ3) is 5.36. The van der Waals surface area contributed by atoms with Crippen molar-refractivity contribution in [2.24, 2.45) is 0 Å². The summed E-state index contributed by atoms with van der Waals surface area (Å²) >= 11 is 0. The van der Waals surface area contributed by atoms with E-state index in [-0.39, 0.29) is 17.0 Å². The molecule has 4 aromatic rings. The lowest BCUT2D eigenvalue weighted by Crippen LogP contribution is -2.18. The number of phenolic OH excluding ortho intramolecular Hbond substituents is 1. The summed E-state index contributed by atoms with van der Waals surface area (Å²) in [6, 6.07) is 29.1. The number of aromatic hydroxyl groups is 1. The molecule has 0 fully saturated rings. The average molecular weight is 476 g/mol. The van der Waals surface area contributed by atoms with E-state index in [2.05, 4.69) is 5.32 Å². The average Bonchev–Trinajstić information content (AvgIpc) is 2.84. The molecule has 0 radical (unpaired) electrons. The van der Waals surface area contributed by atoms with Gasteiger partial charge in [-0.3, -0.25) is 10.1 Å². The molecule has 4 aromatic carbocycles. The Hall–Kier alpha value is -4.29. The van der Waals surface area contributed by atoms with Crippen molar-refractivity contribution < 1.29 is 23.6 Å². The van der Waals surface area contributed by atoms with Gasteiger partial charge < -0.3 is 19.5 Å². The minimum atomic E-state index is -4.17. The molecule has 2 N–H and O–H groups in total. The van der Waals surface area contributed by atoms with Crippen LogP contribution in [0.25, 0.3) is 0 Å². The molecular formula is C25H21N2O6P. The molecule has 0 saturated heterocycles. The maximum Gasteiger partial charge on any atom is 0.457 e. The summed E-state index contributed by atoms with van der Waals surface area (Å²) < 4.78 is 26.4. The maximum absolute atomic E-state index is 14.5. The number of benzene rings is 4. The SMILES string of the molecule is O=[N+]([O-])c1cccc(NC(c2ccccc2O)P(=O)(Oc2ccccc2)Oc2ccccc2)c1. The minimum absolute atomic E-state index is 0.140. The first-order chi connectivity index (χ1) is 16.4. The Morgan fingerprint density at radius 2 is 1.35 bits per heavy atom. The van der Waals surface area contributed by atoms with Gasteiger partial charge in [-0.15, -0.1) is 0 Å². The van der Waals surface area contributed by atoms with E-state index >= 15 is 0 Å². The highest BCUT2D eigenvalue weighted by molar-refractivity contribution is 7.55. The van der Waals surface area contributed by atoms with E-state index < -0.39 is 18.3 Å². The van der Waals surface area contributed by atoms with Crippen molar-refractivity contribution >= 4 is 19.0 Å². The summed E-state index contributed by atoms with van der Waals surface area (Å²) in [6.45, 7) is 0. The quantitative estimate of drug-likeness (QED) is 0.156. The molecule has 0 aliphatic heterocycles. The number of nitrogens with zero attached hydrogens (tertiary/aromatic N) is 1. The number of para-hydroxylation sites is 3. The van der Waals surface area contributed by atoms with Gasteiger partial charge in [0, 0.05) is 23.4 Å². The van der Waals surface area contributed by atoms with Crippen molar-refractivity contribution in [3.05, 3.63) is 125 Å². The molecule has 0 aliphatic rings. The van der Waals surface area contributed by atoms with Crippen LogP contribution < -0.4 is 14.4 Å². The topological polar surface area (TPSA) is 111 Å². The lowest BCUT2D eigenvalue weighted by Gasteiger charge is -2.29. The van der Waals surface area contributed by atoms with Gasteiger partial charge in [0.1, 0.15) is 17.2 Å². The zero-order chi connectivity index (χ0) is 24.0. The second-order valence-electron chi connectivity index (χ2n) is 7.26. The smallest absolute Gasteiger partial charge is 0.457 e. The molecule has 34 heavy (non-hydrogen) atoms. The second-order valence-corrected chi connectivity index (χ2v) is 9.22. The van der Waals surface area contributed by atoms with Crippen LogP contribution in [0.1, 0.15) is 11.3 Å². The van der Waals surface area contributed by atoms with E-state index in [1.807, 2.05) is 0 Å². The molecular weight excluding hydrogens is 455 g/mol. The van der Waals surface area contributed by atoms with Crippen LogP contribution in [-0.4, -0.2) is 10.0 Å². The van der Waals surface area contributed by atoms with E-state index in [1.54, 1.807) is 84.9 Å². The number of phenols is 1. The van der Waals surface area contributed by atoms with Gasteiger partial charge in [0.2, 0.25) is 0 Å². The Morgan fingerprint density at radius 3 is 1.91 bits per heavy atom. The monoisotopic (exact) mass is 476 g/mol. The van der Waals surface area contributed by atoms with Crippen molar-refractivity contribution in [2.45, 2.75) is 5.78 Å². The first-order valence-electron chi connectivity index (χ1n) is 10.3. The van der Waals surface area contributed by atoms with Crippen LogP contribution in [0, 0.1) is 10.1 Å². The molecule has 0 heterocycles. The molecule has 8 nitrogen and oxygen atoms in total. The van der Waals surface area contributed by atoms with E-state index in [1.165, 1.54) is 24.3 Å². The fourth-order valence-electron chi connectivity index (χ4n) is 3.29. The molecule has 0 aromatic heterocycles. The van der Waals surface area contributed by atoms with Gasteiger partial charge in [0.05, 0.1) is 4.92 Å². The van der Waals surface area contributed by atoms with Gasteiger partial charge >= 0.3 is 7.60 Å². The standard InChI is InChI=1S/C25H21N2O6P/c28-24-17-8-7-16-23(24)25(26-19-10-9-11-20(18-19)27(29)30)34(31,32-21-12-3-1-4-13-21)33-22-14-5-2-6-15-22/h1-18,25-26,28H. The van der Waals surface area contributed by atoms with Crippen LogP contribution in [0.2, 0.25) is 0 Å². The molecule has 0 spiro atoms. The first kappa shape index (κ1) is 22.9. The highest BCUT2D eigenvalue weighted by Gasteiger charge is 2.42. The number of anilines is 1. The van der Waals surface area contributed by atoms with E-state index in [4.69, 9.17) is 9.05 Å². The lowest BCUT2D eigenvalue weighted by atomic mass is 10.2. The van der Waals surface area contributed by atoms with E-state index in [0.717, 1.165) is 0 Å². The summed E-state index contributed by atoms with van der Waals surface area (Å²) in [5.41, 5.74) is 0.393. The Balaban J connectivity index is 1.83. The third-order valence-corrected chi connectivity index (χ3v) is 6.83. The summed E-state index contributed by atoms with van der Waals surface area (Å²) in [4.78, 5) is 10.7. The van der Waals surface area contributed by atoms with Crippen LogP contribution in [-0.2, 0) is 4.57 Å². The van der Waals surface area contributed by atoms with Crippen LogP contribution >= 0.6 is 7.60 Å². The largest absolute Gasteiger partial charge is 0.508 e. The van der Waals surface area contributed by atoms with Crippen LogP contribution in [0.15, 0.2) is 109 Å². The molecule has 0 amide bonds. The molecule has 0 saturated carbocycles. The minimum Gasteiger partial charge on any atom is -0.508 e. The number of nitro groups is 1. The van der Waals surface area contributed by atoms with Gasteiger partial charge in [0.25, 0.3) is 5.69 Å². The van der Waals surface area contributed by atoms with E-state index in [9.17, 15) is 19.8 Å². The third-order valence-electron chi connectivity index (χ3n) is 4.86. The maximum atomic E-state index is 14.5. The zero-order valence-electron chi connectivity index (χ0n) is 17.9. The highest BCUT2D eigenvalue weighted by atomic mass is 31.2. The fourth-order valence-corrected chi connectivity index (χ4v) is 5.24.